The van der Waals surface area contributed by atoms with E-state index in [0.717, 1.165) is 24.4 Å². The van der Waals surface area contributed by atoms with E-state index in [4.69, 9.17) is 0 Å². The van der Waals surface area contributed by atoms with Crippen LogP contribution in [-0.2, 0) is 6.42 Å². The quantitative estimate of drug-likeness (QED) is 0.830. The van der Waals surface area contributed by atoms with Gasteiger partial charge in [-0.3, -0.25) is 0 Å². The Bertz CT molecular complexity index is 493. The van der Waals surface area contributed by atoms with Crippen molar-refractivity contribution in [2.45, 2.75) is 32.7 Å². The molecular formula is C13H17BrN2S2. The van der Waals surface area contributed by atoms with Gasteiger partial charge in [0.1, 0.15) is 0 Å². The summed E-state index contributed by atoms with van der Waals surface area (Å²) in [7, 11) is 0. The Morgan fingerprint density at radius 3 is 2.78 bits per heavy atom. The van der Waals surface area contributed by atoms with Gasteiger partial charge in [0.05, 0.1) is 10.7 Å². The molecule has 0 saturated heterocycles. The first-order valence-corrected chi connectivity index (χ1v) is 8.68. The third-order valence-electron chi connectivity index (χ3n) is 2.74. The molecule has 0 aliphatic heterocycles. The first-order valence-electron chi connectivity index (χ1n) is 6.06. The molecule has 2 aromatic rings. The molecule has 1 unspecified atom stereocenters. The zero-order chi connectivity index (χ0) is 13.0. The minimum Gasteiger partial charge on any atom is -0.310 e. The number of aromatic nitrogens is 1. The smallest absolute Gasteiger partial charge is 0.0897 e. The van der Waals surface area contributed by atoms with Gasteiger partial charge in [-0.1, -0.05) is 6.92 Å². The normalized spacial score (nSPS) is 12.8. The molecule has 1 N–H and O–H groups in total. The Balaban J connectivity index is 2.12. The SMILES string of the molecule is CCCNC(Cc1csc(C)n1)c1cscc1Br. The lowest BCUT2D eigenvalue weighted by Gasteiger charge is -2.17. The molecule has 0 saturated carbocycles. The van der Waals surface area contributed by atoms with E-state index in [0.29, 0.717) is 6.04 Å². The minimum atomic E-state index is 0.354. The van der Waals surface area contributed by atoms with Gasteiger partial charge in [0.2, 0.25) is 0 Å². The molecule has 0 aliphatic rings. The summed E-state index contributed by atoms with van der Waals surface area (Å²) in [5, 5.41) is 11.3. The highest BCUT2D eigenvalue weighted by atomic mass is 79.9. The van der Waals surface area contributed by atoms with E-state index in [2.05, 4.69) is 56.2 Å². The zero-order valence-corrected chi connectivity index (χ0v) is 13.8. The number of aryl methyl sites for hydroxylation is 1. The number of hydrogen-bond acceptors (Lipinski definition) is 4. The van der Waals surface area contributed by atoms with E-state index >= 15 is 0 Å². The second-order valence-electron chi connectivity index (χ2n) is 4.24. The molecule has 2 nitrogen and oxygen atoms in total. The summed E-state index contributed by atoms with van der Waals surface area (Å²) in [6.07, 6.45) is 2.11. The molecule has 0 fully saturated rings. The number of nitrogens with one attached hydrogen (secondary N) is 1. The van der Waals surface area contributed by atoms with Gasteiger partial charge in [-0.25, -0.2) is 4.98 Å². The summed E-state index contributed by atoms with van der Waals surface area (Å²) >= 11 is 7.09. The highest BCUT2D eigenvalue weighted by Crippen LogP contribution is 2.29. The number of halogens is 1. The molecule has 98 valence electrons. The third-order valence-corrected chi connectivity index (χ3v) is 5.31. The maximum Gasteiger partial charge on any atom is 0.0897 e. The minimum absolute atomic E-state index is 0.354. The lowest BCUT2D eigenvalue weighted by Crippen LogP contribution is -2.24. The average molecular weight is 345 g/mol. The molecule has 0 bridgehead atoms. The van der Waals surface area contributed by atoms with E-state index < -0.39 is 0 Å². The molecule has 2 aromatic heterocycles. The molecule has 0 spiro atoms. The van der Waals surface area contributed by atoms with Crippen LogP contribution in [0.2, 0.25) is 0 Å². The van der Waals surface area contributed by atoms with Gasteiger partial charge in [-0.15, -0.1) is 11.3 Å². The van der Waals surface area contributed by atoms with Gasteiger partial charge < -0.3 is 5.32 Å². The molecule has 2 rings (SSSR count). The van der Waals surface area contributed by atoms with Crippen molar-refractivity contribution in [1.82, 2.24) is 10.3 Å². The molecule has 0 amide bonds. The van der Waals surface area contributed by atoms with E-state index in [-0.39, 0.29) is 0 Å². The van der Waals surface area contributed by atoms with Crippen LogP contribution in [0.5, 0.6) is 0 Å². The van der Waals surface area contributed by atoms with Crippen molar-refractivity contribution in [2.75, 3.05) is 6.54 Å². The monoisotopic (exact) mass is 344 g/mol. The predicted octanol–water partition coefficient (Wildman–Crippen LogP) is 4.56. The van der Waals surface area contributed by atoms with Crippen molar-refractivity contribution >= 4 is 38.6 Å². The van der Waals surface area contributed by atoms with Crippen LogP contribution in [0.3, 0.4) is 0 Å². The van der Waals surface area contributed by atoms with Crippen LogP contribution in [0.25, 0.3) is 0 Å². The first-order chi connectivity index (χ1) is 8.70. The van der Waals surface area contributed by atoms with Crippen LogP contribution in [-0.4, -0.2) is 11.5 Å². The van der Waals surface area contributed by atoms with E-state index in [1.54, 1.807) is 22.7 Å². The Labute approximate surface area is 125 Å². The third kappa shape index (κ3) is 3.63. The molecule has 5 heteroatoms. The molecule has 0 aromatic carbocycles. The lowest BCUT2D eigenvalue weighted by atomic mass is 10.1. The van der Waals surface area contributed by atoms with Crippen molar-refractivity contribution in [2.24, 2.45) is 0 Å². The Kier molecular flexibility index (Phi) is 5.36. The summed E-state index contributed by atoms with van der Waals surface area (Å²) in [4.78, 5) is 4.56. The van der Waals surface area contributed by atoms with Crippen LogP contribution in [0.1, 0.15) is 35.7 Å². The summed E-state index contributed by atoms with van der Waals surface area (Å²) in [6.45, 7) is 5.29. The van der Waals surface area contributed by atoms with Crippen LogP contribution in [0, 0.1) is 6.92 Å². The first kappa shape index (κ1) is 14.2. The van der Waals surface area contributed by atoms with Gasteiger partial charge >= 0.3 is 0 Å². The molecule has 0 radical (unpaired) electrons. The van der Waals surface area contributed by atoms with Crippen LogP contribution in [0.4, 0.5) is 0 Å². The fourth-order valence-corrected chi connectivity index (χ4v) is 4.11. The molecular weight excluding hydrogens is 328 g/mol. The van der Waals surface area contributed by atoms with Crippen molar-refractivity contribution in [3.8, 4) is 0 Å². The lowest BCUT2D eigenvalue weighted by molar-refractivity contribution is 0.525. The highest BCUT2D eigenvalue weighted by molar-refractivity contribution is 9.10. The van der Waals surface area contributed by atoms with Crippen molar-refractivity contribution < 1.29 is 0 Å². The van der Waals surface area contributed by atoms with Gasteiger partial charge in [0.15, 0.2) is 0 Å². The molecule has 0 aliphatic carbocycles. The molecule has 18 heavy (non-hydrogen) atoms. The summed E-state index contributed by atoms with van der Waals surface area (Å²) in [5.74, 6) is 0. The van der Waals surface area contributed by atoms with Crippen LogP contribution >= 0.6 is 38.6 Å². The number of hydrogen-bond donors (Lipinski definition) is 1. The largest absolute Gasteiger partial charge is 0.310 e. The van der Waals surface area contributed by atoms with Crippen LogP contribution in [0.15, 0.2) is 20.6 Å². The van der Waals surface area contributed by atoms with Gasteiger partial charge in [-0.2, -0.15) is 11.3 Å². The predicted molar refractivity (Wildman–Crippen MR) is 83.6 cm³/mol. The Morgan fingerprint density at radius 1 is 1.39 bits per heavy atom. The van der Waals surface area contributed by atoms with Gasteiger partial charge in [0, 0.05) is 27.7 Å². The second kappa shape index (κ2) is 6.80. The topological polar surface area (TPSA) is 24.9 Å². The average Bonchev–Trinajstić information content (AvgIpc) is 2.93. The maximum atomic E-state index is 4.56. The van der Waals surface area contributed by atoms with Crippen LogP contribution < -0.4 is 5.32 Å². The van der Waals surface area contributed by atoms with E-state index in [1.807, 2.05) is 0 Å². The number of rotatable bonds is 6. The van der Waals surface area contributed by atoms with Crippen molar-refractivity contribution in [3.63, 3.8) is 0 Å². The molecule has 2 heterocycles. The summed E-state index contributed by atoms with van der Waals surface area (Å²) in [6, 6.07) is 0.354. The van der Waals surface area contributed by atoms with Crippen molar-refractivity contribution in [3.05, 3.63) is 36.9 Å². The summed E-state index contributed by atoms with van der Waals surface area (Å²) < 4.78 is 1.20. The number of thiophene rings is 1. The highest BCUT2D eigenvalue weighted by Gasteiger charge is 2.16. The number of nitrogens with zero attached hydrogens (tertiary/aromatic N) is 1. The van der Waals surface area contributed by atoms with E-state index in [9.17, 15) is 0 Å². The number of thiazole rings is 1. The fourth-order valence-electron chi connectivity index (χ4n) is 1.86. The van der Waals surface area contributed by atoms with Crippen molar-refractivity contribution in [1.29, 1.82) is 0 Å². The zero-order valence-electron chi connectivity index (χ0n) is 10.6. The van der Waals surface area contributed by atoms with Gasteiger partial charge in [-0.05, 0) is 46.8 Å². The second-order valence-corrected chi connectivity index (χ2v) is 6.90. The maximum absolute atomic E-state index is 4.56. The van der Waals surface area contributed by atoms with Gasteiger partial charge in [0.25, 0.3) is 0 Å². The standard InChI is InChI=1S/C13H17BrN2S2/c1-3-4-15-13(11-7-17-8-12(11)14)5-10-6-18-9(2)16-10/h6-8,13,15H,3-5H2,1-2H3. The molecule has 1 atom stereocenters. The summed E-state index contributed by atoms with van der Waals surface area (Å²) in [5.41, 5.74) is 2.53. The Hall–Kier alpha value is -0.230. The fraction of sp³-hybridized carbons (Fsp3) is 0.462. The Morgan fingerprint density at radius 2 is 2.22 bits per heavy atom. The van der Waals surface area contributed by atoms with E-state index in [1.165, 1.54) is 15.7 Å².